The molecular formula is C24H24N4O3. The highest BCUT2D eigenvalue weighted by Crippen LogP contribution is 2.28. The Morgan fingerprint density at radius 1 is 1.00 bits per heavy atom. The molecule has 0 radical (unpaired) electrons. The lowest BCUT2D eigenvalue weighted by atomic mass is 10.0. The molecule has 2 amide bonds. The average molecular weight is 416 g/mol. The fourth-order valence-electron chi connectivity index (χ4n) is 3.48. The minimum Gasteiger partial charge on any atom is -0.381 e. The van der Waals surface area contributed by atoms with Crippen LogP contribution in [0.1, 0.15) is 16.8 Å². The van der Waals surface area contributed by atoms with Crippen molar-refractivity contribution in [2.45, 2.75) is 6.42 Å². The number of carbonyl (C=O) groups excluding carboxylic acids is 2. The van der Waals surface area contributed by atoms with E-state index in [1.54, 1.807) is 19.3 Å². The van der Waals surface area contributed by atoms with Crippen molar-refractivity contribution in [3.63, 3.8) is 0 Å². The molecule has 0 spiro atoms. The van der Waals surface area contributed by atoms with Crippen molar-refractivity contribution in [1.82, 2.24) is 10.3 Å². The van der Waals surface area contributed by atoms with Gasteiger partial charge >= 0.3 is 0 Å². The van der Waals surface area contributed by atoms with E-state index in [9.17, 15) is 9.59 Å². The second-order valence-electron chi connectivity index (χ2n) is 7.35. The van der Waals surface area contributed by atoms with Crippen molar-refractivity contribution in [3.05, 3.63) is 72.4 Å². The summed E-state index contributed by atoms with van der Waals surface area (Å²) in [4.78, 5) is 29.0. The molecule has 1 fully saturated rings. The number of para-hydroxylation sites is 1. The van der Waals surface area contributed by atoms with E-state index in [0.717, 1.165) is 22.5 Å². The van der Waals surface area contributed by atoms with Crippen LogP contribution in [0.4, 0.5) is 17.2 Å². The third kappa shape index (κ3) is 5.07. The van der Waals surface area contributed by atoms with Gasteiger partial charge in [-0.1, -0.05) is 18.2 Å². The molecule has 31 heavy (non-hydrogen) atoms. The highest BCUT2D eigenvalue weighted by molar-refractivity contribution is 5.97. The number of carbonyl (C=O) groups is 2. The Hall–Kier alpha value is -3.71. The molecule has 0 saturated carbocycles. The smallest absolute Gasteiger partial charge is 0.251 e. The van der Waals surface area contributed by atoms with Gasteiger partial charge in [0, 0.05) is 36.8 Å². The Morgan fingerprint density at radius 2 is 1.84 bits per heavy atom. The molecule has 158 valence electrons. The van der Waals surface area contributed by atoms with Crippen LogP contribution in [0.3, 0.4) is 0 Å². The van der Waals surface area contributed by atoms with Crippen molar-refractivity contribution in [3.8, 4) is 11.1 Å². The maximum Gasteiger partial charge on any atom is 0.251 e. The zero-order chi connectivity index (χ0) is 21.6. The normalized spacial score (nSPS) is 15.3. The number of benzene rings is 2. The third-order valence-corrected chi connectivity index (χ3v) is 5.13. The van der Waals surface area contributed by atoms with Gasteiger partial charge in [-0.3, -0.25) is 9.59 Å². The summed E-state index contributed by atoms with van der Waals surface area (Å²) < 4.78 is 5.29. The fourth-order valence-corrected chi connectivity index (χ4v) is 3.48. The van der Waals surface area contributed by atoms with Crippen molar-refractivity contribution in [2.75, 3.05) is 30.9 Å². The molecule has 0 bridgehead atoms. The summed E-state index contributed by atoms with van der Waals surface area (Å²) >= 11 is 0. The van der Waals surface area contributed by atoms with Crippen LogP contribution in [0, 0.1) is 5.92 Å². The van der Waals surface area contributed by atoms with Crippen LogP contribution < -0.4 is 16.0 Å². The predicted molar refractivity (Wildman–Crippen MR) is 120 cm³/mol. The van der Waals surface area contributed by atoms with Gasteiger partial charge in [0.05, 0.1) is 12.5 Å². The Morgan fingerprint density at radius 3 is 2.58 bits per heavy atom. The number of ether oxygens (including phenoxy) is 1. The van der Waals surface area contributed by atoms with E-state index in [-0.39, 0.29) is 17.7 Å². The predicted octanol–water partition coefficient (Wildman–Crippen LogP) is 3.83. The second kappa shape index (κ2) is 9.40. The van der Waals surface area contributed by atoms with Crippen LogP contribution in [0.15, 0.2) is 66.9 Å². The zero-order valence-corrected chi connectivity index (χ0v) is 17.2. The Balaban J connectivity index is 1.63. The summed E-state index contributed by atoms with van der Waals surface area (Å²) in [5.74, 6) is 0.0514. The molecule has 3 N–H and O–H groups in total. The van der Waals surface area contributed by atoms with Gasteiger partial charge in [-0.05, 0) is 60.0 Å². The lowest BCUT2D eigenvalue weighted by Crippen LogP contribution is -2.23. The Bertz CT molecular complexity index is 1080. The van der Waals surface area contributed by atoms with Gasteiger partial charge in [0.2, 0.25) is 5.91 Å². The van der Waals surface area contributed by atoms with Crippen molar-refractivity contribution in [2.24, 2.45) is 5.92 Å². The first-order valence-electron chi connectivity index (χ1n) is 10.2. The van der Waals surface area contributed by atoms with Crippen LogP contribution in [-0.2, 0) is 9.53 Å². The molecule has 1 aliphatic rings. The second-order valence-corrected chi connectivity index (χ2v) is 7.35. The highest BCUT2D eigenvalue weighted by Gasteiger charge is 2.23. The number of amides is 2. The van der Waals surface area contributed by atoms with Gasteiger partial charge in [-0.2, -0.15) is 0 Å². The third-order valence-electron chi connectivity index (χ3n) is 5.13. The molecule has 1 unspecified atom stereocenters. The summed E-state index contributed by atoms with van der Waals surface area (Å²) in [6, 6.07) is 19.0. The van der Waals surface area contributed by atoms with Crippen molar-refractivity contribution < 1.29 is 14.3 Å². The maximum absolute atomic E-state index is 12.4. The first-order chi connectivity index (χ1) is 15.1. The van der Waals surface area contributed by atoms with E-state index in [2.05, 4.69) is 20.9 Å². The number of pyridine rings is 1. The lowest BCUT2D eigenvalue weighted by molar-refractivity contribution is -0.119. The molecular weight excluding hydrogens is 392 g/mol. The van der Waals surface area contributed by atoms with Crippen molar-refractivity contribution >= 4 is 29.0 Å². The first-order valence-corrected chi connectivity index (χ1v) is 10.2. The molecule has 7 heteroatoms. The first kappa shape index (κ1) is 20.6. The molecule has 2 heterocycles. The topological polar surface area (TPSA) is 92.4 Å². The fraction of sp³-hybridized carbons (Fsp3) is 0.208. The number of nitrogens with one attached hydrogen (secondary N) is 3. The van der Waals surface area contributed by atoms with Gasteiger partial charge < -0.3 is 20.7 Å². The minimum absolute atomic E-state index is 0.0901. The SMILES string of the molecule is CNC(=O)c1cc(Nc2ccccc2)cc(-c2ccnc(NC(=O)C3CCOC3)c2)c1. The van der Waals surface area contributed by atoms with Gasteiger partial charge in [0.15, 0.2) is 0 Å². The van der Waals surface area contributed by atoms with E-state index in [1.807, 2.05) is 54.6 Å². The number of hydrogen-bond acceptors (Lipinski definition) is 5. The average Bonchev–Trinajstić information content (AvgIpc) is 3.34. The molecule has 1 saturated heterocycles. The van der Waals surface area contributed by atoms with E-state index in [0.29, 0.717) is 31.0 Å². The number of rotatable bonds is 6. The molecule has 2 aromatic carbocycles. The van der Waals surface area contributed by atoms with Gasteiger partial charge in [0.1, 0.15) is 5.82 Å². The quantitative estimate of drug-likeness (QED) is 0.568. The monoisotopic (exact) mass is 416 g/mol. The maximum atomic E-state index is 12.4. The van der Waals surface area contributed by atoms with Crippen LogP contribution >= 0.6 is 0 Å². The summed E-state index contributed by atoms with van der Waals surface area (Å²) in [7, 11) is 1.60. The van der Waals surface area contributed by atoms with E-state index in [1.165, 1.54) is 0 Å². The van der Waals surface area contributed by atoms with Crippen LogP contribution in [0.2, 0.25) is 0 Å². The van der Waals surface area contributed by atoms with Gasteiger partial charge in [0.25, 0.3) is 5.91 Å². The van der Waals surface area contributed by atoms with E-state index >= 15 is 0 Å². The lowest BCUT2D eigenvalue weighted by Gasteiger charge is -2.13. The number of aromatic nitrogens is 1. The molecule has 1 aliphatic heterocycles. The largest absolute Gasteiger partial charge is 0.381 e. The molecule has 3 aromatic rings. The summed E-state index contributed by atoms with van der Waals surface area (Å²) in [5, 5.41) is 8.88. The molecule has 7 nitrogen and oxygen atoms in total. The Labute approximate surface area is 180 Å². The van der Waals surface area contributed by atoms with Gasteiger partial charge in [-0.25, -0.2) is 4.98 Å². The molecule has 4 rings (SSSR count). The Kier molecular flexibility index (Phi) is 6.24. The van der Waals surface area contributed by atoms with Crippen LogP contribution in [0.25, 0.3) is 11.1 Å². The number of hydrogen-bond donors (Lipinski definition) is 3. The van der Waals surface area contributed by atoms with Crippen LogP contribution in [-0.4, -0.2) is 37.1 Å². The number of nitrogens with zero attached hydrogens (tertiary/aromatic N) is 1. The molecule has 1 aromatic heterocycles. The van der Waals surface area contributed by atoms with E-state index < -0.39 is 0 Å². The molecule has 0 aliphatic carbocycles. The van der Waals surface area contributed by atoms with Crippen molar-refractivity contribution in [1.29, 1.82) is 0 Å². The summed E-state index contributed by atoms with van der Waals surface area (Å²) in [6.07, 6.45) is 2.36. The minimum atomic E-state index is -0.179. The summed E-state index contributed by atoms with van der Waals surface area (Å²) in [5.41, 5.74) is 3.91. The van der Waals surface area contributed by atoms with E-state index in [4.69, 9.17) is 4.74 Å². The standard InChI is InChI=1S/C24H24N4O3/c1-25-23(29)19-11-18(12-21(13-19)27-20-5-3-2-4-6-20)16-7-9-26-22(14-16)28-24(30)17-8-10-31-15-17/h2-7,9,11-14,17,27H,8,10,15H2,1H3,(H,25,29)(H,26,28,30). The molecule has 1 atom stereocenters. The number of anilines is 3. The van der Waals surface area contributed by atoms with Crippen LogP contribution in [0.5, 0.6) is 0 Å². The highest BCUT2D eigenvalue weighted by atomic mass is 16.5. The summed E-state index contributed by atoms with van der Waals surface area (Å²) in [6.45, 7) is 1.04. The zero-order valence-electron chi connectivity index (χ0n) is 17.2. The van der Waals surface area contributed by atoms with Gasteiger partial charge in [-0.15, -0.1) is 0 Å².